The molecule has 1 fully saturated rings. The number of halogens is 2. The van der Waals surface area contributed by atoms with E-state index in [1.54, 1.807) is 4.90 Å². The summed E-state index contributed by atoms with van der Waals surface area (Å²) >= 11 is 5.97. The molecule has 2 aromatic rings. The van der Waals surface area contributed by atoms with Gasteiger partial charge in [-0.3, -0.25) is 9.59 Å². The lowest BCUT2D eigenvalue weighted by molar-refractivity contribution is -0.132. The number of carbonyl (C=O) groups is 2. The van der Waals surface area contributed by atoms with E-state index in [0.29, 0.717) is 44.7 Å². The van der Waals surface area contributed by atoms with Crippen molar-refractivity contribution in [3.63, 3.8) is 0 Å². The Morgan fingerprint density at radius 2 is 1.67 bits per heavy atom. The standard InChI is InChI=1S/C20H21ClFN3O2/c21-15-5-3-6-16(22)19(15)20(27)25-12-10-24(11-13-25)18(26)9-8-14-4-1-2-7-17(14)23/h1-7H,8-13,23H2. The van der Waals surface area contributed by atoms with E-state index in [4.69, 9.17) is 17.3 Å². The van der Waals surface area contributed by atoms with Crippen LogP contribution in [0.15, 0.2) is 42.5 Å². The van der Waals surface area contributed by atoms with Crippen LogP contribution in [-0.2, 0) is 11.2 Å². The van der Waals surface area contributed by atoms with Gasteiger partial charge in [-0.1, -0.05) is 35.9 Å². The Morgan fingerprint density at radius 3 is 2.33 bits per heavy atom. The number of benzene rings is 2. The Labute approximate surface area is 162 Å². The fourth-order valence-electron chi connectivity index (χ4n) is 3.18. The van der Waals surface area contributed by atoms with Gasteiger partial charge in [0.1, 0.15) is 5.82 Å². The van der Waals surface area contributed by atoms with Crippen LogP contribution < -0.4 is 5.73 Å². The molecule has 3 rings (SSSR count). The average molecular weight is 390 g/mol. The molecule has 0 spiro atoms. The number of piperazine rings is 1. The first kappa shape index (κ1) is 19.2. The molecule has 0 saturated carbocycles. The molecule has 1 aliphatic rings. The van der Waals surface area contributed by atoms with E-state index in [-0.39, 0.29) is 16.5 Å². The Morgan fingerprint density at radius 1 is 1.00 bits per heavy atom. The van der Waals surface area contributed by atoms with Gasteiger partial charge >= 0.3 is 0 Å². The highest BCUT2D eigenvalue weighted by molar-refractivity contribution is 6.33. The Hall–Kier alpha value is -2.60. The normalized spacial score (nSPS) is 14.3. The second-order valence-electron chi connectivity index (χ2n) is 6.47. The van der Waals surface area contributed by atoms with E-state index < -0.39 is 11.7 Å². The van der Waals surface area contributed by atoms with Crippen molar-refractivity contribution in [3.8, 4) is 0 Å². The number of carbonyl (C=O) groups excluding carboxylic acids is 2. The summed E-state index contributed by atoms with van der Waals surface area (Å²) in [5.41, 5.74) is 7.43. The molecule has 27 heavy (non-hydrogen) atoms. The first-order valence-electron chi connectivity index (χ1n) is 8.82. The topological polar surface area (TPSA) is 66.6 Å². The summed E-state index contributed by atoms with van der Waals surface area (Å²) in [6.07, 6.45) is 0.941. The molecule has 2 amide bonds. The van der Waals surface area contributed by atoms with E-state index in [1.165, 1.54) is 23.1 Å². The number of para-hydroxylation sites is 1. The van der Waals surface area contributed by atoms with Crippen molar-refractivity contribution in [3.05, 3.63) is 64.4 Å². The lowest BCUT2D eigenvalue weighted by Crippen LogP contribution is -2.50. The first-order chi connectivity index (χ1) is 13.0. The molecule has 2 aromatic carbocycles. The SMILES string of the molecule is Nc1ccccc1CCC(=O)N1CCN(C(=O)c2c(F)cccc2Cl)CC1. The molecule has 0 aliphatic carbocycles. The Kier molecular flexibility index (Phi) is 5.96. The summed E-state index contributed by atoms with van der Waals surface area (Å²) in [5.74, 6) is -1.05. The highest BCUT2D eigenvalue weighted by atomic mass is 35.5. The minimum atomic E-state index is -0.633. The van der Waals surface area contributed by atoms with Crippen molar-refractivity contribution in [1.29, 1.82) is 0 Å². The smallest absolute Gasteiger partial charge is 0.258 e. The maximum atomic E-state index is 13.9. The van der Waals surface area contributed by atoms with Crippen LogP contribution in [0, 0.1) is 5.82 Å². The van der Waals surface area contributed by atoms with Crippen molar-refractivity contribution in [1.82, 2.24) is 9.80 Å². The highest BCUT2D eigenvalue weighted by Gasteiger charge is 2.27. The molecule has 142 valence electrons. The number of nitrogen functional groups attached to an aromatic ring is 1. The fraction of sp³-hybridized carbons (Fsp3) is 0.300. The second-order valence-corrected chi connectivity index (χ2v) is 6.88. The summed E-state index contributed by atoms with van der Waals surface area (Å²) in [7, 11) is 0. The maximum Gasteiger partial charge on any atom is 0.258 e. The average Bonchev–Trinajstić information content (AvgIpc) is 2.67. The summed E-state index contributed by atoms with van der Waals surface area (Å²) in [5, 5.41) is 0.0963. The van der Waals surface area contributed by atoms with Gasteiger partial charge in [0.15, 0.2) is 0 Å². The number of amides is 2. The van der Waals surface area contributed by atoms with Crippen molar-refractivity contribution in [2.75, 3.05) is 31.9 Å². The van der Waals surface area contributed by atoms with E-state index in [2.05, 4.69) is 0 Å². The molecule has 0 bridgehead atoms. The van der Waals surface area contributed by atoms with Crippen molar-refractivity contribution >= 4 is 29.1 Å². The second kappa shape index (κ2) is 8.39. The van der Waals surface area contributed by atoms with Gasteiger partial charge in [0.05, 0.1) is 10.6 Å². The zero-order valence-corrected chi connectivity index (χ0v) is 15.6. The van der Waals surface area contributed by atoms with Crippen LogP contribution >= 0.6 is 11.6 Å². The van der Waals surface area contributed by atoms with Crippen molar-refractivity contribution < 1.29 is 14.0 Å². The Balaban J connectivity index is 1.55. The van der Waals surface area contributed by atoms with Gasteiger partial charge in [0.25, 0.3) is 5.91 Å². The minimum Gasteiger partial charge on any atom is -0.399 e. The molecule has 7 heteroatoms. The molecule has 0 radical (unpaired) electrons. The number of anilines is 1. The van der Waals surface area contributed by atoms with Gasteiger partial charge in [-0.2, -0.15) is 0 Å². The summed E-state index contributed by atoms with van der Waals surface area (Å²) in [6, 6.07) is 11.7. The molecule has 1 heterocycles. The largest absolute Gasteiger partial charge is 0.399 e. The molecular weight excluding hydrogens is 369 g/mol. The zero-order valence-electron chi connectivity index (χ0n) is 14.8. The number of rotatable bonds is 4. The molecule has 0 unspecified atom stereocenters. The minimum absolute atomic E-state index is 0.0225. The van der Waals surface area contributed by atoms with Gasteiger partial charge in [0.2, 0.25) is 5.91 Å². The van der Waals surface area contributed by atoms with Gasteiger partial charge in [0, 0.05) is 38.3 Å². The third-order valence-electron chi connectivity index (χ3n) is 4.76. The van der Waals surface area contributed by atoms with Crippen LogP contribution in [-0.4, -0.2) is 47.8 Å². The fourth-order valence-corrected chi connectivity index (χ4v) is 3.42. The monoisotopic (exact) mass is 389 g/mol. The first-order valence-corrected chi connectivity index (χ1v) is 9.19. The third-order valence-corrected chi connectivity index (χ3v) is 5.07. The van der Waals surface area contributed by atoms with Crippen molar-refractivity contribution in [2.24, 2.45) is 0 Å². The molecule has 1 aliphatic heterocycles. The summed E-state index contributed by atoms with van der Waals surface area (Å²) in [6.45, 7) is 1.53. The van der Waals surface area contributed by atoms with Gasteiger partial charge in [-0.15, -0.1) is 0 Å². The molecular formula is C20H21ClFN3O2. The van der Waals surface area contributed by atoms with E-state index in [0.717, 1.165) is 5.56 Å². The van der Waals surface area contributed by atoms with Crippen LogP contribution in [0.25, 0.3) is 0 Å². The van der Waals surface area contributed by atoms with Crippen molar-refractivity contribution in [2.45, 2.75) is 12.8 Å². The van der Waals surface area contributed by atoms with Crippen LogP contribution in [0.1, 0.15) is 22.3 Å². The zero-order chi connectivity index (χ0) is 19.4. The quantitative estimate of drug-likeness (QED) is 0.817. The number of aryl methyl sites for hydroxylation is 1. The molecule has 5 nitrogen and oxygen atoms in total. The third kappa shape index (κ3) is 4.39. The summed E-state index contributed by atoms with van der Waals surface area (Å²) in [4.78, 5) is 28.2. The van der Waals surface area contributed by atoms with Crippen LogP contribution in [0.4, 0.5) is 10.1 Å². The van der Waals surface area contributed by atoms with E-state index in [1.807, 2.05) is 24.3 Å². The van der Waals surface area contributed by atoms with Gasteiger partial charge in [-0.05, 0) is 30.2 Å². The van der Waals surface area contributed by atoms with Crippen LogP contribution in [0.3, 0.4) is 0 Å². The number of hydrogen-bond acceptors (Lipinski definition) is 3. The van der Waals surface area contributed by atoms with Gasteiger partial charge in [-0.25, -0.2) is 4.39 Å². The molecule has 0 aromatic heterocycles. The highest BCUT2D eigenvalue weighted by Crippen LogP contribution is 2.22. The van der Waals surface area contributed by atoms with Crippen LogP contribution in [0.2, 0.25) is 5.02 Å². The van der Waals surface area contributed by atoms with E-state index >= 15 is 0 Å². The lowest BCUT2D eigenvalue weighted by Gasteiger charge is -2.35. The number of nitrogens with two attached hydrogens (primary N) is 1. The van der Waals surface area contributed by atoms with E-state index in [9.17, 15) is 14.0 Å². The molecule has 2 N–H and O–H groups in total. The predicted octanol–water partition coefficient (Wildman–Crippen LogP) is 2.98. The van der Waals surface area contributed by atoms with Gasteiger partial charge < -0.3 is 15.5 Å². The summed E-state index contributed by atoms with van der Waals surface area (Å²) < 4.78 is 13.9. The number of nitrogens with zero attached hydrogens (tertiary/aromatic N) is 2. The molecule has 1 saturated heterocycles. The number of hydrogen-bond donors (Lipinski definition) is 1. The Bertz CT molecular complexity index is 831. The maximum absolute atomic E-state index is 13.9. The lowest BCUT2D eigenvalue weighted by atomic mass is 10.1. The molecule has 0 atom stereocenters. The predicted molar refractivity (Wildman–Crippen MR) is 103 cm³/mol. The van der Waals surface area contributed by atoms with Crippen LogP contribution in [0.5, 0.6) is 0 Å².